The van der Waals surface area contributed by atoms with Crippen LogP contribution in [0.5, 0.6) is 0 Å². The maximum Gasteiger partial charge on any atom is 0.123 e. The summed E-state index contributed by atoms with van der Waals surface area (Å²) >= 11 is 12.2. The van der Waals surface area contributed by atoms with Gasteiger partial charge < -0.3 is 5.32 Å². The van der Waals surface area contributed by atoms with E-state index >= 15 is 0 Å². The second-order valence-electron chi connectivity index (χ2n) is 5.07. The third-order valence-corrected chi connectivity index (χ3v) is 4.13. The first-order valence-corrected chi connectivity index (χ1v) is 7.73. The lowest BCUT2D eigenvalue weighted by atomic mass is 10.0. The molecular formula is C17H18Cl2FN. The predicted molar refractivity (Wildman–Crippen MR) is 87.4 cm³/mol. The molecule has 1 nitrogen and oxygen atoms in total. The van der Waals surface area contributed by atoms with E-state index in [1.807, 2.05) is 12.1 Å². The molecule has 0 aliphatic rings. The van der Waals surface area contributed by atoms with E-state index in [4.69, 9.17) is 23.2 Å². The highest BCUT2D eigenvalue weighted by Gasteiger charge is 2.16. The molecule has 0 aliphatic carbocycles. The van der Waals surface area contributed by atoms with Gasteiger partial charge in [-0.1, -0.05) is 48.3 Å². The Morgan fingerprint density at radius 1 is 1.10 bits per heavy atom. The first-order chi connectivity index (χ1) is 10.0. The summed E-state index contributed by atoms with van der Waals surface area (Å²) in [6.45, 7) is 4.15. The molecule has 0 saturated heterocycles. The zero-order chi connectivity index (χ0) is 15.4. The Kier molecular flexibility index (Phi) is 5.63. The molecule has 2 aromatic rings. The van der Waals surface area contributed by atoms with Crippen molar-refractivity contribution in [1.29, 1.82) is 0 Å². The van der Waals surface area contributed by atoms with Gasteiger partial charge in [0.25, 0.3) is 0 Å². The molecular weight excluding hydrogens is 308 g/mol. The minimum atomic E-state index is -0.223. The largest absolute Gasteiger partial charge is 0.303 e. The lowest BCUT2D eigenvalue weighted by molar-refractivity contribution is 0.456. The van der Waals surface area contributed by atoms with Gasteiger partial charge in [0.1, 0.15) is 5.82 Å². The molecule has 0 radical (unpaired) electrons. The van der Waals surface area contributed by atoms with E-state index in [2.05, 4.69) is 19.2 Å². The summed E-state index contributed by atoms with van der Waals surface area (Å²) in [6.07, 6.45) is 0.896. The first kappa shape index (κ1) is 16.3. The van der Waals surface area contributed by atoms with E-state index in [0.29, 0.717) is 10.0 Å². The van der Waals surface area contributed by atoms with E-state index < -0.39 is 0 Å². The Hall–Kier alpha value is -1.09. The summed E-state index contributed by atoms with van der Waals surface area (Å²) in [6, 6.07) is 12.3. The standard InChI is InChI=1S/C17H18Cl2FN/c1-3-17(15-9-6-13(18)10-16(15)19)21-11(2)12-4-7-14(20)8-5-12/h4-11,17,21H,3H2,1-2H3/t11-,17?/m1/s1. The Labute approximate surface area is 135 Å². The van der Waals surface area contributed by atoms with Crippen LogP contribution in [0.2, 0.25) is 10.0 Å². The molecule has 0 bridgehead atoms. The molecule has 0 aliphatic heterocycles. The Morgan fingerprint density at radius 3 is 2.33 bits per heavy atom. The van der Waals surface area contributed by atoms with Gasteiger partial charge in [-0.05, 0) is 48.7 Å². The SMILES string of the molecule is CCC(N[C@H](C)c1ccc(F)cc1)c1ccc(Cl)cc1Cl. The van der Waals surface area contributed by atoms with Gasteiger partial charge in [0.05, 0.1) is 0 Å². The van der Waals surface area contributed by atoms with E-state index in [0.717, 1.165) is 17.5 Å². The molecule has 4 heteroatoms. The van der Waals surface area contributed by atoms with Crippen LogP contribution in [0.15, 0.2) is 42.5 Å². The van der Waals surface area contributed by atoms with Gasteiger partial charge in [0.15, 0.2) is 0 Å². The Balaban J connectivity index is 2.16. The maximum atomic E-state index is 13.0. The molecule has 0 heterocycles. The summed E-state index contributed by atoms with van der Waals surface area (Å²) in [5.74, 6) is -0.223. The third-order valence-electron chi connectivity index (χ3n) is 3.57. The Bertz CT molecular complexity index is 598. The smallest absolute Gasteiger partial charge is 0.123 e. The number of hydrogen-bond acceptors (Lipinski definition) is 1. The highest BCUT2D eigenvalue weighted by molar-refractivity contribution is 6.35. The highest BCUT2D eigenvalue weighted by Crippen LogP contribution is 2.30. The predicted octanol–water partition coefficient (Wildman–Crippen LogP) is 5.93. The molecule has 1 N–H and O–H groups in total. The van der Waals surface area contributed by atoms with Crippen molar-refractivity contribution >= 4 is 23.2 Å². The lowest BCUT2D eigenvalue weighted by Gasteiger charge is -2.24. The summed E-state index contributed by atoms with van der Waals surface area (Å²) in [7, 11) is 0. The van der Waals surface area contributed by atoms with E-state index in [1.54, 1.807) is 18.2 Å². The van der Waals surface area contributed by atoms with E-state index in [-0.39, 0.29) is 17.9 Å². The molecule has 0 spiro atoms. The Morgan fingerprint density at radius 2 is 1.76 bits per heavy atom. The van der Waals surface area contributed by atoms with Crippen molar-refractivity contribution in [3.63, 3.8) is 0 Å². The van der Waals surface area contributed by atoms with Crippen molar-refractivity contribution in [3.8, 4) is 0 Å². The molecule has 0 saturated carbocycles. The number of nitrogens with one attached hydrogen (secondary N) is 1. The van der Waals surface area contributed by atoms with Gasteiger partial charge in [-0.2, -0.15) is 0 Å². The average Bonchev–Trinajstić information content (AvgIpc) is 2.46. The van der Waals surface area contributed by atoms with Gasteiger partial charge in [-0.25, -0.2) is 4.39 Å². The van der Waals surface area contributed by atoms with Crippen LogP contribution < -0.4 is 5.32 Å². The topological polar surface area (TPSA) is 12.0 Å². The normalized spacial score (nSPS) is 14.0. The molecule has 21 heavy (non-hydrogen) atoms. The molecule has 1 unspecified atom stereocenters. The van der Waals surface area contributed by atoms with E-state index in [1.165, 1.54) is 12.1 Å². The van der Waals surface area contributed by atoms with Crippen LogP contribution in [-0.2, 0) is 0 Å². The number of rotatable bonds is 5. The van der Waals surface area contributed by atoms with Crippen LogP contribution in [-0.4, -0.2) is 0 Å². The van der Waals surface area contributed by atoms with Gasteiger partial charge >= 0.3 is 0 Å². The first-order valence-electron chi connectivity index (χ1n) is 6.97. The summed E-state index contributed by atoms with van der Waals surface area (Å²) in [5.41, 5.74) is 2.07. The van der Waals surface area contributed by atoms with Gasteiger partial charge in [0, 0.05) is 22.1 Å². The van der Waals surface area contributed by atoms with Crippen LogP contribution in [0.1, 0.15) is 43.5 Å². The van der Waals surface area contributed by atoms with Crippen LogP contribution in [0.25, 0.3) is 0 Å². The highest BCUT2D eigenvalue weighted by atomic mass is 35.5. The summed E-state index contributed by atoms with van der Waals surface area (Å²) in [4.78, 5) is 0. The summed E-state index contributed by atoms with van der Waals surface area (Å²) in [5, 5.41) is 4.82. The molecule has 0 amide bonds. The molecule has 2 rings (SSSR count). The lowest BCUT2D eigenvalue weighted by Crippen LogP contribution is -2.24. The molecule has 2 aromatic carbocycles. The number of benzene rings is 2. The summed E-state index contributed by atoms with van der Waals surface area (Å²) < 4.78 is 13.0. The fourth-order valence-electron chi connectivity index (χ4n) is 2.36. The van der Waals surface area contributed by atoms with Crippen molar-refractivity contribution in [3.05, 3.63) is 69.5 Å². The molecule has 0 fully saturated rings. The van der Waals surface area contributed by atoms with Gasteiger partial charge in [-0.15, -0.1) is 0 Å². The van der Waals surface area contributed by atoms with Crippen molar-refractivity contribution in [1.82, 2.24) is 5.32 Å². The van der Waals surface area contributed by atoms with Gasteiger partial charge in [-0.3, -0.25) is 0 Å². The minimum absolute atomic E-state index is 0.0993. The second-order valence-corrected chi connectivity index (χ2v) is 5.91. The average molecular weight is 326 g/mol. The quantitative estimate of drug-likeness (QED) is 0.717. The molecule has 0 aromatic heterocycles. The monoisotopic (exact) mass is 325 g/mol. The fraction of sp³-hybridized carbons (Fsp3) is 0.294. The number of hydrogen-bond donors (Lipinski definition) is 1. The van der Waals surface area contributed by atoms with Crippen LogP contribution in [0.4, 0.5) is 4.39 Å². The van der Waals surface area contributed by atoms with Gasteiger partial charge in [0.2, 0.25) is 0 Å². The van der Waals surface area contributed by atoms with Crippen LogP contribution >= 0.6 is 23.2 Å². The van der Waals surface area contributed by atoms with E-state index in [9.17, 15) is 4.39 Å². The maximum absolute atomic E-state index is 13.0. The molecule has 2 atom stereocenters. The number of halogens is 3. The minimum Gasteiger partial charge on any atom is -0.303 e. The second kappa shape index (κ2) is 7.26. The zero-order valence-corrected chi connectivity index (χ0v) is 13.5. The molecule has 112 valence electrons. The van der Waals surface area contributed by atoms with Crippen LogP contribution in [0.3, 0.4) is 0 Å². The van der Waals surface area contributed by atoms with Crippen molar-refractivity contribution in [2.75, 3.05) is 0 Å². The van der Waals surface area contributed by atoms with Crippen molar-refractivity contribution in [2.45, 2.75) is 32.4 Å². The van der Waals surface area contributed by atoms with Crippen LogP contribution in [0, 0.1) is 5.82 Å². The van der Waals surface area contributed by atoms with Crippen molar-refractivity contribution in [2.24, 2.45) is 0 Å². The third kappa shape index (κ3) is 4.19. The fourth-order valence-corrected chi connectivity index (χ4v) is 2.90. The van der Waals surface area contributed by atoms with Crippen molar-refractivity contribution < 1.29 is 4.39 Å². The zero-order valence-electron chi connectivity index (χ0n) is 12.0.